The van der Waals surface area contributed by atoms with E-state index in [-0.39, 0.29) is 11.8 Å². The Hall–Kier alpha value is -3.59. The second-order valence-corrected chi connectivity index (χ2v) is 11.7. The lowest BCUT2D eigenvalue weighted by molar-refractivity contribution is -0.135. The van der Waals surface area contributed by atoms with Crippen LogP contribution in [0.4, 0.5) is 5.69 Å². The highest BCUT2D eigenvalue weighted by molar-refractivity contribution is 6.30. The molecule has 0 N–H and O–H groups in total. The molecule has 3 heterocycles. The Labute approximate surface area is 258 Å². The Morgan fingerprint density at radius 1 is 0.907 bits per heavy atom. The molecule has 2 unspecified atom stereocenters. The zero-order valence-electron chi connectivity index (χ0n) is 24.7. The number of benzene rings is 3. The lowest BCUT2D eigenvalue weighted by Gasteiger charge is -2.45. The minimum absolute atomic E-state index is 0.0300. The summed E-state index contributed by atoms with van der Waals surface area (Å²) in [6.45, 7) is 9.48. The molecular formula is C34H39ClN4O4. The molecule has 3 aliphatic heterocycles. The lowest BCUT2D eigenvalue weighted by Crippen LogP contribution is -2.54. The van der Waals surface area contributed by atoms with Crippen LogP contribution in [0, 0.1) is 0 Å². The maximum Gasteiger partial charge on any atom is 0.254 e. The molecule has 0 radical (unpaired) electrons. The zero-order valence-corrected chi connectivity index (χ0v) is 25.4. The normalized spacial score (nSPS) is 21.1. The van der Waals surface area contributed by atoms with E-state index in [1.807, 2.05) is 83.5 Å². The van der Waals surface area contributed by atoms with Crippen LogP contribution < -0.4 is 9.64 Å². The standard InChI is InChI=1S/C34H39ClN4O4/c1-2-43-28-12-10-25(11-13-28)32-31(34(41)38-17-15-37(16-18-38)27-7-5-6-26(35)24-27)29-8-3-4-9-30(29)33(40)39(32)19-14-36-20-22-42-23-21-36/h3-13,24,31-32H,2,14-23H2,1H3. The number of anilines is 1. The number of piperazine rings is 1. The fourth-order valence-corrected chi connectivity index (χ4v) is 6.72. The van der Waals surface area contributed by atoms with Crippen LogP contribution >= 0.6 is 11.6 Å². The van der Waals surface area contributed by atoms with Gasteiger partial charge in [-0.05, 0) is 54.4 Å². The number of hydrogen-bond donors (Lipinski definition) is 0. The summed E-state index contributed by atoms with van der Waals surface area (Å²) in [7, 11) is 0. The van der Waals surface area contributed by atoms with Crippen molar-refractivity contribution in [3.05, 3.63) is 94.5 Å². The van der Waals surface area contributed by atoms with Gasteiger partial charge >= 0.3 is 0 Å². The second-order valence-electron chi connectivity index (χ2n) is 11.3. The summed E-state index contributed by atoms with van der Waals surface area (Å²) in [5.41, 5.74) is 3.41. The zero-order chi connectivity index (χ0) is 29.8. The number of halogens is 1. The molecule has 0 spiro atoms. The minimum Gasteiger partial charge on any atom is -0.494 e. The maximum atomic E-state index is 14.6. The number of morpholine rings is 1. The summed E-state index contributed by atoms with van der Waals surface area (Å²) in [6, 6.07) is 23.0. The molecule has 226 valence electrons. The first-order valence-electron chi connectivity index (χ1n) is 15.3. The SMILES string of the molecule is CCOc1ccc(C2C(C(=O)N3CCN(c4cccc(Cl)c4)CC3)c3ccccc3C(=O)N2CCN2CCOCC2)cc1. The van der Waals surface area contributed by atoms with Gasteiger partial charge in [0, 0.05) is 68.6 Å². The quantitative estimate of drug-likeness (QED) is 0.372. The summed E-state index contributed by atoms with van der Waals surface area (Å²) >= 11 is 6.25. The molecule has 3 aliphatic rings. The predicted octanol–water partition coefficient (Wildman–Crippen LogP) is 4.70. The number of fused-ring (bicyclic) bond motifs is 1. The summed E-state index contributed by atoms with van der Waals surface area (Å²) in [4.78, 5) is 37.3. The summed E-state index contributed by atoms with van der Waals surface area (Å²) in [6.07, 6.45) is 0. The molecular weight excluding hydrogens is 564 g/mol. The molecule has 2 atom stereocenters. The summed E-state index contributed by atoms with van der Waals surface area (Å²) < 4.78 is 11.3. The number of hydrogen-bond acceptors (Lipinski definition) is 6. The van der Waals surface area contributed by atoms with Crippen molar-refractivity contribution in [2.75, 3.05) is 77.1 Å². The highest BCUT2D eigenvalue weighted by Crippen LogP contribution is 2.44. The Morgan fingerprint density at radius 3 is 2.37 bits per heavy atom. The summed E-state index contributed by atoms with van der Waals surface area (Å²) in [5.74, 6) is 0.279. The van der Waals surface area contributed by atoms with E-state index in [4.69, 9.17) is 21.1 Å². The molecule has 0 bridgehead atoms. The monoisotopic (exact) mass is 602 g/mol. The number of ether oxygens (including phenoxy) is 2. The number of carbonyl (C=O) groups excluding carboxylic acids is 2. The van der Waals surface area contributed by atoms with E-state index in [9.17, 15) is 9.59 Å². The number of amides is 2. The topological polar surface area (TPSA) is 65.6 Å². The molecule has 3 aromatic rings. The molecule has 8 nitrogen and oxygen atoms in total. The van der Waals surface area contributed by atoms with Crippen LogP contribution in [0.25, 0.3) is 0 Å². The molecule has 6 rings (SSSR count). The van der Waals surface area contributed by atoms with Crippen LogP contribution in [0.2, 0.25) is 5.02 Å². The smallest absolute Gasteiger partial charge is 0.254 e. The molecule has 3 aromatic carbocycles. The van der Waals surface area contributed by atoms with Crippen LogP contribution in [0.1, 0.15) is 40.4 Å². The van der Waals surface area contributed by atoms with Gasteiger partial charge < -0.3 is 24.2 Å². The number of nitrogens with zero attached hydrogens (tertiary/aromatic N) is 4. The van der Waals surface area contributed by atoms with Crippen LogP contribution in [0.3, 0.4) is 0 Å². The molecule has 0 aliphatic carbocycles. The van der Waals surface area contributed by atoms with E-state index in [0.29, 0.717) is 63.1 Å². The fraction of sp³-hybridized carbons (Fsp3) is 0.412. The molecule has 2 amide bonds. The average Bonchev–Trinajstić information content (AvgIpc) is 3.05. The summed E-state index contributed by atoms with van der Waals surface area (Å²) in [5, 5.41) is 0.704. The van der Waals surface area contributed by atoms with Gasteiger partial charge in [-0.2, -0.15) is 0 Å². The molecule has 0 aromatic heterocycles. The third-order valence-electron chi connectivity index (χ3n) is 8.76. The Balaban J connectivity index is 1.32. The second kappa shape index (κ2) is 13.4. The molecule has 2 saturated heterocycles. The van der Waals surface area contributed by atoms with E-state index in [0.717, 1.165) is 42.2 Å². The van der Waals surface area contributed by atoms with Gasteiger partial charge in [0.2, 0.25) is 5.91 Å². The molecule has 43 heavy (non-hydrogen) atoms. The first-order chi connectivity index (χ1) is 21.0. The number of rotatable bonds is 8. The van der Waals surface area contributed by atoms with Crippen LogP contribution in [0.5, 0.6) is 5.75 Å². The Kier molecular flexibility index (Phi) is 9.17. The highest BCUT2D eigenvalue weighted by Gasteiger charge is 2.45. The molecule has 2 fully saturated rings. The van der Waals surface area contributed by atoms with Crippen molar-refractivity contribution in [2.45, 2.75) is 18.9 Å². The first-order valence-corrected chi connectivity index (χ1v) is 15.6. The van der Waals surface area contributed by atoms with Crippen LogP contribution in [0.15, 0.2) is 72.8 Å². The van der Waals surface area contributed by atoms with Gasteiger partial charge in [0.15, 0.2) is 0 Å². The van der Waals surface area contributed by atoms with Crippen molar-refractivity contribution < 1.29 is 19.1 Å². The number of carbonyl (C=O) groups is 2. The molecule has 9 heteroatoms. The van der Waals surface area contributed by atoms with Gasteiger partial charge in [-0.1, -0.05) is 48.0 Å². The van der Waals surface area contributed by atoms with Crippen LogP contribution in [-0.4, -0.2) is 98.7 Å². The minimum atomic E-state index is -0.519. The fourth-order valence-electron chi connectivity index (χ4n) is 6.53. The van der Waals surface area contributed by atoms with Gasteiger partial charge in [0.05, 0.1) is 31.8 Å². The van der Waals surface area contributed by atoms with Gasteiger partial charge in [-0.15, -0.1) is 0 Å². The van der Waals surface area contributed by atoms with Crippen molar-refractivity contribution in [3.63, 3.8) is 0 Å². The van der Waals surface area contributed by atoms with Gasteiger partial charge in [0.25, 0.3) is 5.91 Å². The Morgan fingerprint density at radius 2 is 1.65 bits per heavy atom. The van der Waals surface area contributed by atoms with E-state index in [1.54, 1.807) is 0 Å². The highest BCUT2D eigenvalue weighted by atomic mass is 35.5. The van der Waals surface area contributed by atoms with Crippen molar-refractivity contribution in [1.29, 1.82) is 0 Å². The van der Waals surface area contributed by atoms with Crippen molar-refractivity contribution in [2.24, 2.45) is 0 Å². The van der Waals surface area contributed by atoms with Crippen molar-refractivity contribution in [1.82, 2.24) is 14.7 Å². The van der Waals surface area contributed by atoms with E-state index >= 15 is 0 Å². The first kappa shape index (κ1) is 29.5. The molecule has 0 saturated carbocycles. The van der Waals surface area contributed by atoms with E-state index in [2.05, 4.69) is 15.9 Å². The Bertz CT molecular complexity index is 1420. The van der Waals surface area contributed by atoms with Crippen molar-refractivity contribution >= 4 is 29.1 Å². The third-order valence-corrected chi connectivity index (χ3v) is 9.00. The van der Waals surface area contributed by atoms with E-state index < -0.39 is 12.0 Å². The van der Waals surface area contributed by atoms with E-state index in [1.165, 1.54) is 0 Å². The van der Waals surface area contributed by atoms with Gasteiger partial charge in [-0.3, -0.25) is 14.5 Å². The largest absolute Gasteiger partial charge is 0.494 e. The predicted molar refractivity (Wildman–Crippen MR) is 168 cm³/mol. The van der Waals surface area contributed by atoms with Crippen molar-refractivity contribution in [3.8, 4) is 5.75 Å². The van der Waals surface area contributed by atoms with Gasteiger partial charge in [-0.25, -0.2) is 0 Å². The van der Waals surface area contributed by atoms with Crippen LogP contribution in [-0.2, 0) is 9.53 Å². The lowest BCUT2D eigenvalue weighted by atomic mass is 9.78. The average molecular weight is 603 g/mol. The third kappa shape index (κ3) is 6.37. The maximum absolute atomic E-state index is 14.6. The van der Waals surface area contributed by atoms with Gasteiger partial charge in [0.1, 0.15) is 5.75 Å².